The highest BCUT2D eigenvalue weighted by atomic mass is 35.5. The third-order valence-electron chi connectivity index (χ3n) is 2.22. The molecule has 13 heavy (non-hydrogen) atoms. The van der Waals surface area contributed by atoms with Gasteiger partial charge in [-0.2, -0.15) is 0 Å². The van der Waals surface area contributed by atoms with Gasteiger partial charge in [0.25, 0.3) is 0 Å². The summed E-state index contributed by atoms with van der Waals surface area (Å²) in [5.74, 6) is 0. The highest BCUT2D eigenvalue weighted by Crippen LogP contribution is 2.14. The summed E-state index contributed by atoms with van der Waals surface area (Å²) in [4.78, 5) is 0. The Morgan fingerprint density at radius 1 is 1.23 bits per heavy atom. The highest BCUT2D eigenvalue weighted by molar-refractivity contribution is 7.89. The lowest BCUT2D eigenvalue weighted by atomic mass is 10.2. The van der Waals surface area contributed by atoms with Crippen molar-refractivity contribution in [2.24, 2.45) is 0 Å². The molecule has 6 heteroatoms. The third-order valence-corrected chi connectivity index (χ3v) is 4.55. The molecule has 0 spiro atoms. The predicted molar refractivity (Wildman–Crippen MR) is 55.7 cm³/mol. The van der Waals surface area contributed by atoms with E-state index < -0.39 is 10.0 Å². The molecular formula is C7H17ClN2O2S. The van der Waals surface area contributed by atoms with Crippen LogP contribution in [-0.4, -0.2) is 45.2 Å². The van der Waals surface area contributed by atoms with Crippen LogP contribution in [0.25, 0.3) is 0 Å². The van der Waals surface area contributed by atoms with E-state index in [0.717, 1.165) is 25.9 Å². The van der Waals surface area contributed by atoms with Gasteiger partial charge in [-0.3, -0.25) is 0 Å². The normalized spacial score (nSPS) is 19.9. The summed E-state index contributed by atoms with van der Waals surface area (Å²) in [7, 11) is 0.183. The van der Waals surface area contributed by atoms with Gasteiger partial charge >= 0.3 is 0 Å². The van der Waals surface area contributed by atoms with E-state index in [0.29, 0.717) is 0 Å². The molecule has 0 aromatic heterocycles. The van der Waals surface area contributed by atoms with Gasteiger partial charge in [-0.15, -0.1) is 12.4 Å². The second-order valence-electron chi connectivity index (χ2n) is 3.28. The zero-order valence-electron chi connectivity index (χ0n) is 7.99. The first-order valence-electron chi connectivity index (χ1n) is 4.17. The summed E-state index contributed by atoms with van der Waals surface area (Å²) >= 11 is 0. The lowest BCUT2D eigenvalue weighted by Crippen LogP contribution is -2.41. The molecule has 80 valence electrons. The number of nitrogens with zero attached hydrogens (tertiary/aromatic N) is 1. The van der Waals surface area contributed by atoms with Crippen LogP contribution in [0, 0.1) is 0 Å². The topological polar surface area (TPSA) is 49.4 Å². The largest absolute Gasteiger partial charge is 0.317 e. The molecule has 0 bridgehead atoms. The van der Waals surface area contributed by atoms with Crippen molar-refractivity contribution < 1.29 is 8.42 Å². The van der Waals surface area contributed by atoms with E-state index in [1.807, 2.05) is 0 Å². The minimum Gasteiger partial charge on any atom is -0.317 e. The quantitative estimate of drug-likeness (QED) is 0.727. The summed E-state index contributed by atoms with van der Waals surface area (Å²) in [6, 6.07) is 0. The van der Waals surface area contributed by atoms with Gasteiger partial charge in [-0.25, -0.2) is 12.7 Å². The lowest BCUT2D eigenvalue weighted by molar-refractivity contribution is 0.459. The predicted octanol–water partition coefficient (Wildman–Crippen LogP) is 0.0516. The van der Waals surface area contributed by atoms with Crippen LogP contribution in [0.2, 0.25) is 0 Å². The smallest absolute Gasteiger partial charge is 0.216 e. The molecule has 1 rings (SSSR count). The van der Waals surface area contributed by atoms with Crippen LogP contribution in [0.3, 0.4) is 0 Å². The van der Waals surface area contributed by atoms with E-state index in [4.69, 9.17) is 0 Å². The van der Waals surface area contributed by atoms with Crippen LogP contribution in [0.15, 0.2) is 0 Å². The Labute approximate surface area is 86.1 Å². The minimum atomic E-state index is -3.01. The molecule has 1 saturated heterocycles. The molecule has 1 N–H and O–H groups in total. The lowest BCUT2D eigenvalue weighted by Gasteiger charge is -2.25. The number of nitrogens with one attached hydrogen (secondary N) is 1. The van der Waals surface area contributed by atoms with Crippen LogP contribution >= 0.6 is 12.4 Å². The van der Waals surface area contributed by atoms with Gasteiger partial charge in [0.2, 0.25) is 10.0 Å². The minimum absolute atomic E-state index is 0. The summed E-state index contributed by atoms with van der Waals surface area (Å²) in [6.07, 6.45) is 1.47. The van der Waals surface area contributed by atoms with E-state index in [1.54, 1.807) is 14.1 Å². The Morgan fingerprint density at radius 3 is 2.08 bits per heavy atom. The Morgan fingerprint density at radius 2 is 1.69 bits per heavy atom. The average molecular weight is 229 g/mol. The van der Waals surface area contributed by atoms with Gasteiger partial charge in [-0.05, 0) is 25.9 Å². The summed E-state index contributed by atoms with van der Waals surface area (Å²) in [6.45, 7) is 1.63. The molecule has 0 radical (unpaired) electrons. The van der Waals surface area contributed by atoms with E-state index >= 15 is 0 Å². The Hall–Kier alpha value is 0.160. The second-order valence-corrected chi connectivity index (χ2v) is 5.70. The zero-order chi connectivity index (χ0) is 9.19. The van der Waals surface area contributed by atoms with Crippen LogP contribution < -0.4 is 5.32 Å². The SMILES string of the molecule is CN(C)S(=O)(=O)C1CCNCC1.Cl. The Balaban J connectivity index is 0.00000144. The highest BCUT2D eigenvalue weighted by Gasteiger charge is 2.28. The molecule has 1 fully saturated rings. The second kappa shape index (κ2) is 5.14. The first-order chi connectivity index (χ1) is 5.55. The van der Waals surface area contributed by atoms with Crippen molar-refractivity contribution in [1.29, 1.82) is 0 Å². The van der Waals surface area contributed by atoms with Crippen LogP contribution in [0.5, 0.6) is 0 Å². The first-order valence-corrected chi connectivity index (χ1v) is 5.67. The maximum absolute atomic E-state index is 11.6. The summed E-state index contributed by atoms with van der Waals surface area (Å²) in [5, 5.41) is 2.97. The fraction of sp³-hybridized carbons (Fsp3) is 1.00. The number of rotatable bonds is 2. The van der Waals surface area contributed by atoms with Crippen LogP contribution in [0.1, 0.15) is 12.8 Å². The molecule has 0 aromatic carbocycles. The number of halogens is 1. The van der Waals surface area contributed by atoms with E-state index in [2.05, 4.69) is 5.32 Å². The van der Waals surface area contributed by atoms with Crippen LogP contribution in [0.4, 0.5) is 0 Å². The number of hydrogen-bond donors (Lipinski definition) is 1. The first kappa shape index (κ1) is 13.2. The molecule has 1 aliphatic heterocycles. The fourth-order valence-electron chi connectivity index (χ4n) is 1.39. The van der Waals surface area contributed by atoms with Gasteiger partial charge < -0.3 is 5.32 Å². The van der Waals surface area contributed by atoms with E-state index in [-0.39, 0.29) is 17.7 Å². The molecule has 0 aromatic rings. The molecule has 0 atom stereocenters. The molecule has 4 nitrogen and oxygen atoms in total. The van der Waals surface area contributed by atoms with Gasteiger partial charge in [0.05, 0.1) is 5.25 Å². The number of piperidine rings is 1. The van der Waals surface area contributed by atoms with Gasteiger partial charge in [0.1, 0.15) is 0 Å². The molecule has 0 amide bonds. The van der Waals surface area contributed by atoms with Crippen molar-refractivity contribution in [3.05, 3.63) is 0 Å². The molecule has 0 aliphatic carbocycles. The fourth-order valence-corrected chi connectivity index (χ4v) is 2.82. The molecular weight excluding hydrogens is 212 g/mol. The van der Waals surface area contributed by atoms with Gasteiger partial charge in [0, 0.05) is 14.1 Å². The van der Waals surface area contributed by atoms with Crippen LogP contribution in [-0.2, 0) is 10.0 Å². The monoisotopic (exact) mass is 228 g/mol. The maximum Gasteiger partial charge on any atom is 0.216 e. The van der Waals surface area contributed by atoms with Crippen molar-refractivity contribution in [1.82, 2.24) is 9.62 Å². The van der Waals surface area contributed by atoms with Crippen molar-refractivity contribution in [3.63, 3.8) is 0 Å². The maximum atomic E-state index is 11.6. The zero-order valence-corrected chi connectivity index (χ0v) is 9.62. The van der Waals surface area contributed by atoms with Crippen molar-refractivity contribution >= 4 is 22.4 Å². The van der Waals surface area contributed by atoms with Crippen molar-refractivity contribution in [2.75, 3.05) is 27.2 Å². The summed E-state index contributed by atoms with van der Waals surface area (Å²) < 4.78 is 24.5. The molecule has 0 unspecified atom stereocenters. The Kier molecular flexibility index (Phi) is 5.21. The number of hydrogen-bond acceptors (Lipinski definition) is 3. The molecule has 0 saturated carbocycles. The van der Waals surface area contributed by atoms with Gasteiger partial charge in [-0.1, -0.05) is 0 Å². The number of sulfonamides is 1. The standard InChI is InChI=1S/C7H16N2O2S.ClH/c1-9(2)12(10,11)7-3-5-8-6-4-7;/h7-8H,3-6H2,1-2H3;1H. The average Bonchev–Trinajstić information content (AvgIpc) is 2.06. The van der Waals surface area contributed by atoms with Crippen molar-refractivity contribution in [3.8, 4) is 0 Å². The van der Waals surface area contributed by atoms with Gasteiger partial charge in [0.15, 0.2) is 0 Å². The third kappa shape index (κ3) is 3.09. The Bertz CT molecular complexity index is 235. The molecule has 1 aliphatic rings. The van der Waals surface area contributed by atoms with E-state index in [9.17, 15) is 8.42 Å². The summed E-state index contributed by atoms with van der Waals surface area (Å²) in [5.41, 5.74) is 0. The van der Waals surface area contributed by atoms with E-state index in [1.165, 1.54) is 4.31 Å². The molecule has 1 heterocycles. The van der Waals surface area contributed by atoms with Crippen molar-refractivity contribution in [2.45, 2.75) is 18.1 Å².